The predicted molar refractivity (Wildman–Crippen MR) is 107 cm³/mol. The van der Waals surface area contributed by atoms with Crippen LogP contribution in [-0.2, 0) is 6.54 Å². The van der Waals surface area contributed by atoms with E-state index in [0.29, 0.717) is 0 Å². The van der Waals surface area contributed by atoms with E-state index in [2.05, 4.69) is 78.3 Å². The van der Waals surface area contributed by atoms with Gasteiger partial charge in [0.1, 0.15) is 0 Å². The van der Waals surface area contributed by atoms with E-state index < -0.39 is 0 Å². The summed E-state index contributed by atoms with van der Waals surface area (Å²) in [5.74, 6) is 0. The van der Waals surface area contributed by atoms with E-state index in [0.717, 1.165) is 18.8 Å². The molecule has 0 spiro atoms. The van der Waals surface area contributed by atoms with Crippen LogP contribution in [0.4, 0.5) is 5.69 Å². The van der Waals surface area contributed by atoms with Gasteiger partial charge in [-0.25, -0.2) is 0 Å². The van der Waals surface area contributed by atoms with E-state index in [9.17, 15) is 0 Å². The second-order valence-electron chi connectivity index (χ2n) is 5.24. The molecule has 0 fully saturated rings. The molecule has 0 amide bonds. The number of anilines is 1. The van der Waals surface area contributed by atoms with Crippen molar-refractivity contribution in [1.29, 1.82) is 0 Å². The lowest BCUT2D eigenvalue weighted by atomic mass is 10.2. The molecule has 2 aromatic rings. The number of rotatable bonds is 4. The average Bonchev–Trinajstić information content (AvgIpc) is 2.91. The second-order valence-corrected chi connectivity index (χ2v) is 6.30. The van der Waals surface area contributed by atoms with Gasteiger partial charge in [-0.05, 0) is 37.6 Å². The van der Waals surface area contributed by atoms with E-state index in [1.54, 1.807) is 0 Å². The summed E-state index contributed by atoms with van der Waals surface area (Å²) < 4.78 is 0. The van der Waals surface area contributed by atoms with Crippen molar-refractivity contribution in [3.8, 4) is 0 Å². The quantitative estimate of drug-likeness (QED) is 0.624. The largest absolute Gasteiger partial charge is 0.335 e. The second kappa shape index (κ2) is 8.37. The molecule has 0 radical (unpaired) electrons. The summed E-state index contributed by atoms with van der Waals surface area (Å²) in [6, 6.07) is 18.9. The molecule has 0 aliphatic carbocycles. The van der Waals surface area contributed by atoms with Gasteiger partial charge in [0.15, 0.2) is 0 Å². The van der Waals surface area contributed by atoms with Gasteiger partial charge in [0.2, 0.25) is 0 Å². The molecule has 0 unspecified atom stereocenters. The molecular formula is C19H21BrN2S. The van der Waals surface area contributed by atoms with Crippen LogP contribution in [0.1, 0.15) is 19.4 Å². The monoisotopic (exact) mass is 388 g/mol. The Bertz CT molecular complexity index is 710. The number of benzene rings is 2. The van der Waals surface area contributed by atoms with E-state index in [1.165, 1.54) is 21.2 Å². The van der Waals surface area contributed by atoms with Gasteiger partial charge in [0.25, 0.3) is 0 Å². The Morgan fingerprint density at radius 1 is 1.09 bits per heavy atom. The van der Waals surface area contributed by atoms with Crippen LogP contribution < -0.4 is 4.90 Å². The third kappa shape index (κ3) is 4.27. The Balaban J connectivity index is 0.00000192. The predicted octanol–water partition coefficient (Wildman–Crippen LogP) is 5.70. The molecule has 2 nitrogen and oxygen atoms in total. The summed E-state index contributed by atoms with van der Waals surface area (Å²) in [4.78, 5) is 8.36. The van der Waals surface area contributed by atoms with Crippen LogP contribution in [0.15, 0.2) is 75.6 Å². The summed E-state index contributed by atoms with van der Waals surface area (Å²) in [7, 11) is 0. The van der Waals surface area contributed by atoms with Gasteiger partial charge in [-0.15, -0.1) is 17.0 Å². The molecule has 3 rings (SSSR count). The van der Waals surface area contributed by atoms with Gasteiger partial charge >= 0.3 is 0 Å². The summed E-state index contributed by atoms with van der Waals surface area (Å²) in [6.45, 7) is 5.97. The molecule has 2 aromatic carbocycles. The number of fused-ring (bicyclic) bond motifs is 1. The summed E-state index contributed by atoms with van der Waals surface area (Å²) in [5, 5.41) is 1.26. The van der Waals surface area contributed by atoms with Gasteiger partial charge in [0, 0.05) is 17.2 Å². The van der Waals surface area contributed by atoms with Crippen LogP contribution >= 0.6 is 28.7 Å². The number of aliphatic imine (C=N–C) groups is 1. The van der Waals surface area contributed by atoms with E-state index in [4.69, 9.17) is 0 Å². The SMILES string of the molecule is Br.CCN1C(=CC(C)=NCc2ccccc2)Sc2ccccc21. The third-order valence-corrected chi connectivity index (χ3v) is 4.75. The first kappa shape index (κ1) is 17.8. The maximum absolute atomic E-state index is 4.69. The third-order valence-electron chi connectivity index (χ3n) is 3.64. The maximum atomic E-state index is 4.69. The Hall–Kier alpha value is -1.52. The topological polar surface area (TPSA) is 15.6 Å². The molecule has 120 valence electrons. The van der Waals surface area contributed by atoms with Crippen LogP contribution in [0.25, 0.3) is 0 Å². The highest BCUT2D eigenvalue weighted by Gasteiger charge is 2.23. The first-order valence-corrected chi connectivity index (χ1v) is 8.40. The minimum absolute atomic E-state index is 0. The average molecular weight is 389 g/mol. The van der Waals surface area contributed by atoms with Gasteiger partial charge in [0.05, 0.1) is 17.3 Å². The molecular weight excluding hydrogens is 368 g/mol. The highest BCUT2D eigenvalue weighted by Crippen LogP contribution is 2.45. The Morgan fingerprint density at radius 2 is 1.78 bits per heavy atom. The Labute approximate surface area is 153 Å². The van der Waals surface area contributed by atoms with Crippen molar-refractivity contribution in [3.05, 3.63) is 71.3 Å². The van der Waals surface area contributed by atoms with Crippen molar-refractivity contribution in [2.24, 2.45) is 4.99 Å². The highest BCUT2D eigenvalue weighted by molar-refractivity contribution is 8.93. The van der Waals surface area contributed by atoms with Crippen molar-refractivity contribution in [2.45, 2.75) is 25.3 Å². The number of para-hydroxylation sites is 1. The Kier molecular flexibility index (Phi) is 6.48. The number of thioether (sulfide) groups is 1. The fraction of sp³-hybridized carbons (Fsp3) is 0.211. The molecule has 1 aliphatic rings. The minimum atomic E-state index is 0. The fourth-order valence-corrected chi connectivity index (χ4v) is 3.73. The zero-order valence-corrected chi connectivity index (χ0v) is 15.9. The number of hydrogen-bond donors (Lipinski definition) is 0. The number of allylic oxidation sites excluding steroid dienone is 1. The van der Waals surface area contributed by atoms with E-state index in [-0.39, 0.29) is 17.0 Å². The van der Waals surface area contributed by atoms with Gasteiger partial charge in [-0.3, -0.25) is 4.99 Å². The van der Waals surface area contributed by atoms with Crippen LogP contribution in [0.3, 0.4) is 0 Å². The first-order valence-electron chi connectivity index (χ1n) is 7.59. The van der Waals surface area contributed by atoms with Crippen molar-refractivity contribution < 1.29 is 0 Å². The molecule has 1 aliphatic heterocycles. The van der Waals surface area contributed by atoms with Gasteiger partial charge < -0.3 is 4.90 Å². The molecule has 4 heteroatoms. The lowest BCUT2D eigenvalue weighted by Gasteiger charge is -2.17. The maximum Gasteiger partial charge on any atom is 0.0819 e. The normalized spacial score (nSPS) is 15.5. The van der Waals surface area contributed by atoms with E-state index >= 15 is 0 Å². The minimum Gasteiger partial charge on any atom is -0.335 e. The van der Waals surface area contributed by atoms with Crippen LogP contribution in [-0.4, -0.2) is 12.3 Å². The Morgan fingerprint density at radius 3 is 2.52 bits per heavy atom. The fourth-order valence-electron chi connectivity index (χ4n) is 2.51. The number of nitrogens with zero attached hydrogens (tertiary/aromatic N) is 2. The van der Waals surface area contributed by atoms with Crippen LogP contribution in [0.5, 0.6) is 0 Å². The van der Waals surface area contributed by atoms with Crippen LogP contribution in [0, 0.1) is 0 Å². The molecule has 0 atom stereocenters. The molecule has 0 saturated carbocycles. The van der Waals surface area contributed by atoms with Crippen molar-refractivity contribution in [2.75, 3.05) is 11.4 Å². The molecule has 0 aromatic heterocycles. The summed E-state index contributed by atoms with van der Waals surface area (Å²) in [5.41, 5.74) is 3.62. The zero-order chi connectivity index (χ0) is 15.4. The molecule has 0 bridgehead atoms. The molecule has 23 heavy (non-hydrogen) atoms. The molecule has 0 N–H and O–H groups in total. The highest BCUT2D eigenvalue weighted by atomic mass is 79.9. The van der Waals surface area contributed by atoms with Crippen molar-refractivity contribution in [3.63, 3.8) is 0 Å². The zero-order valence-electron chi connectivity index (χ0n) is 13.4. The van der Waals surface area contributed by atoms with E-state index in [1.807, 2.05) is 17.8 Å². The van der Waals surface area contributed by atoms with Gasteiger partial charge in [-0.1, -0.05) is 54.2 Å². The number of hydrogen-bond acceptors (Lipinski definition) is 3. The number of halogens is 1. The standard InChI is InChI=1S/C19H20N2S.BrH/c1-3-21-17-11-7-8-12-18(17)22-19(21)13-15(2)20-14-16-9-5-4-6-10-16;/h4-13H,3,14H2,1-2H3;1H. The van der Waals surface area contributed by atoms with Gasteiger partial charge in [-0.2, -0.15) is 0 Å². The molecule has 1 heterocycles. The summed E-state index contributed by atoms with van der Waals surface area (Å²) in [6.07, 6.45) is 2.19. The van der Waals surface area contributed by atoms with Crippen molar-refractivity contribution >= 4 is 40.1 Å². The smallest absolute Gasteiger partial charge is 0.0819 e. The first-order chi connectivity index (χ1) is 10.8. The summed E-state index contributed by atoms with van der Waals surface area (Å²) >= 11 is 1.83. The molecule has 0 saturated heterocycles. The lowest BCUT2D eigenvalue weighted by Crippen LogP contribution is -2.17. The van der Waals surface area contributed by atoms with Crippen LogP contribution in [0.2, 0.25) is 0 Å². The lowest BCUT2D eigenvalue weighted by molar-refractivity contribution is 1.00. The van der Waals surface area contributed by atoms with Crippen molar-refractivity contribution in [1.82, 2.24) is 0 Å².